The molecule has 26 heavy (non-hydrogen) atoms. The lowest BCUT2D eigenvalue weighted by atomic mass is 10.2. The summed E-state index contributed by atoms with van der Waals surface area (Å²) in [5.41, 5.74) is 6.44. The molecule has 0 aliphatic carbocycles. The first-order chi connectivity index (χ1) is 12.7. The normalized spacial score (nSPS) is 11.3. The lowest BCUT2D eigenvalue weighted by molar-refractivity contribution is 0.888. The number of aryl methyl sites for hydroxylation is 1. The Morgan fingerprint density at radius 3 is 2.88 bits per heavy atom. The van der Waals surface area contributed by atoms with E-state index in [9.17, 15) is 0 Å². The van der Waals surface area contributed by atoms with Crippen molar-refractivity contribution in [1.29, 1.82) is 0 Å². The maximum Gasteiger partial charge on any atom is 0.226 e. The van der Waals surface area contributed by atoms with Crippen LogP contribution in [-0.4, -0.2) is 30.9 Å². The van der Waals surface area contributed by atoms with Gasteiger partial charge in [0.25, 0.3) is 0 Å². The number of fused-ring (bicyclic) bond motifs is 1. The summed E-state index contributed by atoms with van der Waals surface area (Å²) < 4.78 is 1.66. The molecule has 4 aromatic rings. The maximum absolute atomic E-state index is 6.09. The Labute approximate surface area is 154 Å². The number of halogens is 1. The molecule has 0 spiro atoms. The minimum absolute atomic E-state index is 0.108. The summed E-state index contributed by atoms with van der Waals surface area (Å²) in [6, 6.07) is 11.7. The van der Waals surface area contributed by atoms with Crippen LogP contribution >= 0.6 is 11.6 Å². The summed E-state index contributed by atoms with van der Waals surface area (Å²) in [7, 11) is 0. The summed E-state index contributed by atoms with van der Waals surface area (Å²) in [5, 5.41) is 9.44. The molecule has 0 fully saturated rings. The van der Waals surface area contributed by atoms with Gasteiger partial charge in [-0.15, -0.1) is 0 Å². The number of nitrogens with zero attached hydrogens (tertiary/aromatic N) is 6. The molecule has 3 heterocycles. The van der Waals surface area contributed by atoms with Crippen LogP contribution in [0.3, 0.4) is 0 Å². The van der Waals surface area contributed by atoms with Crippen molar-refractivity contribution in [3.63, 3.8) is 0 Å². The van der Waals surface area contributed by atoms with Gasteiger partial charge in [0.05, 0.1) is 29.7 Å². The van der Waals surface area contributed by atoms with Gasteiger partial charge in [-0.25, -0.2) is 4.68 Å². The van der Waals surface area contributed by atoms with E-state index in [1.165, 1.54) is 5.56 Å². The summed E-state index contributed by atoms with van der Waals surface area (Å²) in [5.74, 6) is 0.485. The third-order valence-corrected chi connectivity index (χ3v) is 3.89. The van der Waals surface area contributed by atoms with E-state index in [4.69, 9.17) is 11.6 Å². The van der Waals surface area contributed by atoms with Gasteiger partial charge < -0.3 is 0 Å². The second-order valence-corrected chi connectivity index (χ2v) is 5.97. The molecular weight excluding hydrogens is 350 g/mol. The number of nitrogens with one attached hydrogen (secondary N) is 1. The van der Waals surface area contributed by atoms with Crippen LogP contribution < -0.4 is 5.43 Å². The second kappa shape index (κ2) is 6.89. The molecule has 0 amide bonds. The highest BCUT2D eigenvalue weighted by atomic mass is 35.5. The minimum atomic E-state index is 0.108. The zero-order valence-corrected chi connectivity index (χ0v) is 14.6. The Morgan fingerprint density at radius 1 is 1.15 bits per heavy atom. The number of hydrogen-bond acceptors (Lipinski definition) is 6. The number of benzene rings is 1. The van der Waals surface area contributed by atoms with Gasteiger partial charge in [0, 0.05) is 6.20 Å². The average molecular weight is 364 g/mol. The first kappa shape index (κ1) is 16.2. The summed E-state index contributed by atoms with van der Waals surface area (Å²) in [6.45, 7) is 2.03. The van der Waals surface area contributed by atoms with Crippen LogP contribution in [0.15, 0.2) is 60.1 Å². The quantitative estimate of drug-likeness (QED) is 0.340. The van der Waals surface area contributed by atoms with E-state index in [2.05, 4.69) is 30.6 Å². The third-order valence-electron chi connectivity index (χ3n) is 3.72. The summed E-state index contributed by atoms with van der Waals surface area (Å²) in [4.78, 5) is 12.6. The summed E-state index contributed by atoms with van der Waals surface area (Å²) >= 11 is 6.09. The molecule has 0 bridgehead atoms. The Balaban J connectivity index is 1.69. The summed E-state index contributed by atoms with van der Waals surface area (Å²) in [6.07, 6.45) is 6.79. The topological polar surface area (TPSA) is 80.9 Å². The predicted octanol–water partition coefficient (Wildman–Crippen LogP) is 3.62. The average Bonchev–Trinajstić information content (AvgIpc) is 3.06. The Hall–Kier alpha value is -3.32. The molecule has 0 saturated carbocycles. The van der Waals surface area contributed by atoms with Gasteiger partial charge in [-0.2, -0.15) is 20.2 Å². The van der Waals surface area contributed by atoms with Crippen molar-refractivity contribution in [2.24, 2.45) is 5.10 Å². The molecule has 0 aliphatic heterocycles. The first-order valence-corrected chi connectivity index (χ1v) is 8.26. The molecule has 128 valence electrons. The van der Waals surface area contributed by atoms with Crippen LogP contribution in [0.4, 0.5) is 5.82 Å². The van der Waals surface area contributed by atoms with E-state index in [-0.39, 0.29) is 5.28 Å². The largest absolute Gasteiger partial charge is 0.262 e. The molecule has 0 saturated heterocycles. The van der Waals surface area contributed by atoms with Crippen molar-refractivity contribution < 1.29 is 0 Å². The van der Waals surface area contributed by atoms with E-state index in [1.807, 2.05) is 43.3 Å². The third kappa shape index (κ3) is 3.25. The van der Waals surface area contributed by atoms with Crippen LogP contribution in [-0.2, 0) is 0 Å². The zero-order valence-electron chi connectivity index (χ0n) is 13.8. The van der Waals surface area contributed by atoms with Gasteiger partial charge in [-0.05, 0) is 36.2 Å². The maximum atomic E-state index is 6.09. The lowest BCUT2D eigenvalue weighted by Gasteiger charge is -2.04. The van der Waals surface area contributed by atoms with E-state index in [0.29, 0.717) is 16.9 Å². The van der Waals surface area contributed by atoms with E-state index in [0.717, 1.165) is 11.3 Å². The zero-order chi connectivity index (χ0) is 17.9. The van der Waals surface area contributed by atoms with Gasteiger partial charge in [0.2, 0.25) is 5.28 Å². The van der Waals surface area contributed by atoms with Crippen LogP contribution in [0.5, 0.6) is 0 Å². The van der Waals surface area contributed by atoms with Gasteiger partial charge >= 0.3 is 0 Å². The number of aromatic nitrogens is 5. The number of hydrogen-bond donors (Lipinski definition) is 1. The van der Waals surface area contributed by atoms with E-state index in [1.54, 1.807) is 29.5 Å². The van der Waals surface area contributed by atoms with Crippen molar-refractivity contribution in [3.05, 3.63) is 71.4 Å². The minimum Gasteiger partial charge on any atom is -0.262 e. The van der Waals surface area contributed by atoms with Crippen LogP contribution in [0.25, 0.3) is 16.7 Å². The molecule has 0 radical (unpaired) electrons. The highest BCUT2D eigenvalue weighted by Crippen LogP contribution is 2.23. The Kier molecular flexibility index (Phi) is 4.28. The fourth-order valence-corrected chi connectivity index (χ4v) is 2.72. The molecule has 8 heteroatoms. The molecule has 0 unspecified atom stereocenters. The Bertz CT molecular complexity index is 1090. The molecule has 4 rings (SSSR count). The Morgan fingerprint density at radius 2 is 2.08 bits per heavy atom. The molecular formula is C18H14ClN7. The highest BCUT2D eigenvalue weighted by molar-refractivity contribution is 6.28. The van der Waals surface area contributed by atoms with Crippen molar-refractivity contribution in [2.45, 2.75) is 6.92 Å². The van der Waals surface area contributed by atoms with Crippen molar-refractivity contribution in [3.8, 4) is 5.69 Å². The van der Waals surface area contributed by atoms with E-state index >= 15 is 0 Å². The van der Waals surface area contributed by atoms with Crippen molar-refractivity contribution in [2.75, 3.05) is 5.43 Å². The fraction of sp³-hybridized carbons (Fsp3) is 0.0556. The smallest absolute Gasteiger partial charge is 0.226 e. The number of rotatable bonds is 4. The molecule has 0 atom stereocenters. The molecule has 1 N–H and O–H groups in total. The fourth-order valence-electron chi connectivity index (χ4n) is 2.55. The molecule has 7 nitrogen and oxygen atoms in total. The molecule has 1 aromatic carbocycles. The van der Waals surface area contributed by atoms with Gasteiger partial charge in [-0.3, -0.25) is 10.4 Å². The second-order valence-electron chi connectivity index (χ2n) is 5.63. The number of pyridine rings is 1. The SMILES string of the molecule is Cc1cccc(/C=N/Nc2nc(Cl)nc3c2cnn3-c2cccnc2)c1. The number of hydrazone groups is 1. The van der Waals surface area contributed by atoms with Crippen LogP contribution in [0.2, 0.25) is 5.28 Å². The standard InChI is InChI=1S/C18H14ClN7/c1-12-4-2-5-13(8-12)9-21-25-16-15-11-22-26(14-6-3-7-20-10-14)17(15)24-18(19)23-16/h2-11H,1H3,(H,23,24,25)/b21-9+. The van der Waals surface area contributed by atoms with Crippen LogP contribution in [0, 0.1) is 6.92 Å². The van der Waals surface area contributed by atoms with E-state index < -0.39 is 0 Å². The number of anilines is 1. The first-order valence-electron chi connectivity index (χ1n) is 7.88. The van der Waals surface area contributed by atoms with Gasteiger partial charge in [-0.1, -0.05) is 29.8 Å². The van der Waals surface area contributed by atoms with Crippen molar-refractivity contribution >= 4 is 34.7 Å². The van der Waals surface area contributed by atoms with Gasteiger partial charge in [0.1, 0.15) is 0 Å². The predicted molar refractivity (Wildman–Crippen MR) is 102 cm³/mol. The monoisotopic (exact) mass is 363 g/mol. The molecule has 3 aromatic heterocycles. The van der Waals surface area contributed by atoms with Gasteiger partial charge in [0.15, 0.2) is 11.5 Å². The molecule has 0 aliphatic rings. The van der Waals surface area contributed by atoms with Crippen molar-refractivity contribution in [1.82, 2.24) is 24.7 Å². The highest BCUT2D eigenvalue weighted by Gasteiger charge is 2.13. The lowest BCUT2D eigenvalue weighted by Crippen LogP contribution is -2.00. The van der Waals surface area contributed by atoms with Crippen LogP contribution in [0.1, 0.15) is 11.1 Å².